The Morgan fingerprint density at radius 1 is 1.50 bits per heavy atom. The summed E-state index contributed by atoms with van der Waals surface area (Å²) in [5.41, 5.74) is 7.52. The molecule has 0 aromatic rings. The van der Waals surface area contributed by atoms with Gasteiger partial charge in [-0.25, -0.2) is 5.53 Å². The summed E-state index contributed by atoms with van der Waals surface area (Å²) < 4.78 is 0. The van der Waals surface area contributed by atoms with E-state index in [-0.39, 0.29) is 5.91 Å². The molecule has 0 spiro atoms. The fourth-order valence-electron chi connectivity index (χ4n) is 1.86. The highest BCUT2D eigenvalue weighted by Crippen LogP contribution is 2.10. The van der Waals surface area contributed by atoms with Gasteiger partial charge in [0.2, 0.25) is 5.91 Å². The minimum atomic E-state index is 0.158. The molecule has 0 bridgehead atoms. The van der Waals surface area contributed by atoms with Gasteiger partial charge in [-0.05, 0) is 19.8 Å². The Morgan fingerprint density at radius 3 is 2.61 bits per heavy atom. The summed E-state index contributed by atoms with van der Waals surface area (Å²) in [5.74, 6) is 0.158. The lowest BCUT2D eigenvalue weighted by atomic mass is 10.1. The molecule has 6 heteroatoms. The quantitative estimate of drug-likeness (QED) is 0.719. The van der Waals surface area contributed by atoms with Crippen LogP contribution in [0, 0.1) is 5.53 Å². The van der Waals surface area contributed by atoms with Crippen LogP contribution >= 0.6 is 0 Å². The third-order valence-electron chi connectivity index (χ3n) is 3.15. The second kappa shape index (κ2) is 7.10. The van der Waals surface area contributed by atoms with Gasteiger partial charge in [-0.3, -0.25) is 9.69 Å². The van der Waals surface area contributed by atoms with Gasteiger partial charge in [-0.2, -0.15) is 5.11 Å². The van der Waals surface area contributed by atoms with Gasteiger partial charge in [0.15, 0.2) is 0 Å². The van der Waals surface area contributed by atoms with E-state index in [1.165, 1.54) is 0 Å². The number of hydrogen-bond acceptors (Lipinski definition) is 5. The predicted molar refractivity (Wildman–Crippen MR) is 70.2 cm³/mol. The Kier molecular flexibility index (Phi) is 5.77. The number of nitrogens with zero attached hydrogens (tertiary/aromatic N) is 3. The molecule has 0 aromatic heterocycles. The largest absolute Gasteiger partial charge is 0.387 e. The lowest BCUT2D eigenvalue weighted by Crippen LogP contribution is -2.45. The molecule has 0 unspecified atom stereocenters. The molecular weight excluding hydrogens is 230 g/mol. The van der Waals surface area contributed by atoms with Crippen molar-refractivity contribution >= 4 is 5.91 Å². The number of carbonyl (C=O) groups excluding carboxylic acids is 1. The molecule has 0 atom stereocenters. The zero-order valence-electron chi connectivity index (χ0n) is 11.4. The minimum Gasteiger partial charge on any atom is -0.387 e. The van der Waals surface area contributed by atoms with Crippen molar-refractivity contribution in [3.63, 3.8) is 0 Å². The van der Waals surface area contributed by atoms with Gasteiger partial charge in [0.1, 0.15) is 0 Å². The Bertz CT molecular complexity index is 318. The number of nitrogens with one attached hydrogen (secondary N) is 2. The highest BCUT2D eigenvalue weighted by Gasteiger charge is 2.20. The summed E-state index contributed by atoms with van der Waals surface area (Å²) in [7, 11) is 3.57. The van der Waals surface area contributed by atoms with Crippen molar-refractivity contribution in [1.29, 1.82) is 5.53 Å². The molecule has 6 nitrogen and oxygen atoms in total. The number of piperidine rings is 1. The Labute approximate surface area is 109 Å². The van der Waals surface area contributed by atoms with Crippen LogP contribution in [0.5, 0.6) is 0 Å². The molecule has 0 radical (unpaired) electrons. The topological polar surface area (TPSA) is 71.8 Å². The Morgan fingerprint density at radius 2 is 2.11 bits per heavy atom. The van der Waals surface area contributed by atoms with E-state index in [4.69, 9.17) is 5.53 Å². The smallest absolute Gasteiger partial charge is 0.236 e. The molecule has 0 aromatic carbocycles. The maximum absolute atomic E-state index is 11.6. The van der Waals surface area contributed by atoms with E-state index < -0.39 is 0 Å². The molecule has 1 rings (SSSR count). The molecular formula is C12H23N5O. The van der Waals surface area contributed by atoms with Crippen LogP contribution in [-0.2, 0) is 4.79 Å². The monoisotopic (exact) mass is 253 g/mol. The van der Waals surface area contributed by atoms with E-state index in [2.05, 4.69) is 15.3 Å². The fraction of sp³-hybridized carbons (Fsp3) is 0.750. The van der Waals surface area contributed by atoms with Gasteiger partial charge in [0.05, 0.1) is 12.2 Å². The summed E-state index contributed by atoms with van der Waals surface area (Å²) in [4.78, 5) is 15.4. The van der Waals surface area contributed by atoms with E-state index >= 15 is 0 Å². The summed E-state index contributed by atoms with van der Waals surface area (Å²) in [6.07, 6.45) is 3.82. The molecule has 1 amide bonds. The minimum absolute atomic E-state index is 0.158. The van der Waals surface area contributed by atoms with Gasteiger partial charge in [0, 0.05) is 39.4 Å². The molecule has 1 saturated heterocycles. The number of hydrogen-bond donors (Lipinski definition) is 2. The molecule has 0 aliphatic carbocycles. The van der Waals surface area contributed by atoms with Crippen LogP contribution in [0.15, 0.2) is 17.0 Å². The van der Waals surface area contributed by atoms with E-state index in [9.17, 15) is 4.79 Å². The van der Waals surface area contributed by atoms with Gasteiger partial charge >= 0.3 is 0 Å². The first kappa shape index (κ1) is 14.6. The molecule has 0 saturated carbocycles. The zero-order chi connectivity index (χ0) is 13.5. The molecule has 1 heterocycles. The zero-order valence-corrected chi connectivity index (χ0v) is 11.4. The van der Waals surface area contributed by atoms with Crippen LogP contribution in [-0.4, -0.2) is 55.5 Å². The SMILES string of the molecule is C/C(=C/NC1CCN(CC(=O)N(C)C)CC1)N=N. The van der Waals surface area contributed by atoms with E-state index in [0.29, 0.717) is 18.3 Å². The summed E-state index contributed by atoms with van der Waals surface area (Å²) in [5, 5.41) is 6.61. The van der Waals surface area contributed by atoms with Crippen molar-refractivity contribution in [3.05, 3.63) is 11.9 Å². The number of likely N-dealkylation sites (N-methyl/N-ethyl adjacent to an activating group) is 1. The van der Waals surface area contributed by atoms with Crippen LogP contribution < -0.4 is 5.32 Å². The normalized spacial score (nSPS) is 18.5. The highest BCUT2D eigenvalue weighted by atomic mass is 16.2. The molecule has 102 valence electrons. The number of amides is 1. The molecule has 1 fully saturated rings. The fourth-order valence-corrected chi connectivity index (χ4v) is 1.86. The summed E-state index contributed by atoms with van der Waals surface area (Å²) >= 11 is 0. The maximum Gasteiger partial charge on any atom is 0.236 e. The lowest BCUT2D eigenvalue weighted by Gasteiger charge is -2.32. The Hall–Kier alpha value is -1.43. The van der Waals surface area contributed by atoms with Gasteiger partial charge in [0.25, 0.3) is 0 Å². The standard InChI is InChI=1S/C12H23N5O/c1-10(15-13)8-14-11-4-6-17(7-5-11)9-12(18)16(2)3/h8,11,13-14H,4-7,9H2,1-3H3/b10-8-,15-13?. The average molecular weight is 253 g/mol. The van der Waals surface area contributed by atoms with E-state index in [0.717, 1.165) is 25.9 Å². The predicted octanol–water partition coefficient (Wildman–Crippen LogP) is 1.02. The van der Waals surface area contributed by atoms with Crippen molar-refractivity contribution in [3.8, 4) is 0 Å². The Balaban J connectivity index is 2.28. The van der Waals surface area contributed by atoms with Crippen molar-refractivity contribution in [1.82, 2.24) is 15.1 Å². The first-order valence-electron chi connectivity index (χ1n) is 6.25. The molecule has 1 aliphatic rings. The summed E-state index contributed by atoms with van der Waals surface area (Å²) in [6, 6.07) is 0.424. The second-order valence-corrected chi connectivity index (χ2v) is 4.90. The summed E-state index contributed by atoms with van der Waals surface area (Å²) in [6.45, 7) is 4.17. The maximum atomic E-state index is 11.6. The second-order valence-electron chi connectivity index (χ2n) is 4.90. The first-order valence-corrected chi connectivity index (χ1v) is 6.25. The van der Waals surface area contributed by atoms with Crippen LogP contribution in [0.2, 0.25) is 0 Å². The first-order chi connectivity index (χ1) is 8.52. The van der Waals surface area contributed by atoms with Crippen molar-refractivity contribution < 1.29 is 4.79 Å². The van der Waals surface area contributed by atoms with Crippen LogP contribution in [0.1, 0.15) is 19.8 Å². The third-order valence-corrected chi connectivity index (χ3v) is 3.15. The van der Waals surface area contributed by atoms with Crippen molar-refractivity contribution in [2.24, 2.45) is 5.11 Å². The highest BCUT2D eigenvalue weighted by molar-refractivity contribution is 5.77. The third kappa shape index (κ3) is 4.83. The van der Waals surface area contributed by atoms with Gasteiger partial charge in [-0.15, -0.1) is 0 Å². The van der Waals surface area contributed by atoms with Crippen LogP contribution in [0.3, 0.4) is 0 Å². The lowest BCUT2D eigenvalue weighted by molar-refractivity contribution is -0.130. The average Bonchev–Trinajstić information content (AvgIpc) is 2.37. The number of likely N-dealkylation sites (tertiary alicyclic amines) is 1. The number of allylic oxidation sites excluding steroid dienone is 1. The van der Waals surface area contributed by atoms with Crippen molar-refractivity contribution in [2.75, 3.05) is 33.7 Å². The number of rotatable bonds is 5. The number of carbonyl (C=O) groups is 1. The van der Waals surface area contributed by atoms with Gasteiger partial charge < -0.3 is 10.2 Å². The van der Waals surface area contributed by atoms with Crippen molar-refractivity contribution in [2.45, 2.75) is 25.8 Å². The van der Waals surface area contributed by atoms with Gasteiger partial charge in [-0.1, -0.05) is 0 Å². The van der Waals surface area contributed by atoms with Crippen LogP contribution in [0.25, 0.3) is 0 Å². The molecule has 2 N–H and O–H groups in total. The molecule has 1 aliphatic heterocycles. The molecule has 18 heavy (non-hydrogen) atoms. The van der Waals surface area contributed by atoms with E-state index in [1.54, 1.807) is 32.1 Å². The van der Waals surface area contributed by atoms with E-state index in [1.807, 2.05) is 0 Å². The van der Waals surface area contributed by atoms with Crippen LogP contribution in [0.4, 0.5) is 0 Å².